The summed E-state index contributed by atoms with van der Waals surface area (Å²) in [5.74, 6) is 0.0360. The molecule has 4 nitrogen and oxygen atoms in total. The van der Waals surface area contributed by atoms with Gasteiger partial charge in [-0.05, 0) is 75.3 Å². The molecule has 1 aliphatic heterocycles. The van der Waals surface area contributed by atoms with E-state index < -0.39 is 5.60 Å². The smallest absolute Gasteiger partial charge is 0.254 e. The maximum atomic E-state index is 13.4. The maximum absolute atomic E-state index is 13.4. The molecule has 1 unspecified atom stereocenters. The normalized spacial score (nSPS) is 16.8. The van der Waals surface area contributed by atoms with Crippen LogP contribution in [0.5, 0.6) is 0 Å². The fourth-order valence-corrected chi connectivity index (χ4v) is 3.74. The Morgan fingerprint density at radius 1 is 1.21 bits per heavy atom. The standard InChI is InChI=1S/C25H33NO3/c1-19-8-4-5-10-22(19)17-26(18-23-12-7-15-29-23)24(27)21-11-6-9-20(16-21)13-14-25(2,3)28/h4-6,8-11,16,23,28H,7,12-15,17-18H2,1-3H3. The highest BCUT2D eigenvalue weighted by Gasteiger charge is 2.24. The number of carbonyl (C=O) groups excluding carboxylic acids is 1. The van der Waals surface area contributed by atoms with Crippen LogP contribution in [0, 0.1) is 6.92 Å². The number of nitrogens with zero attached hydrogens (tertiary/aromatic N) is 1. The van der Waals surface area contributed by atoms with Gasteiger partial charge in [0, 0.05) is 25.3 Å². The van der Waals surface area contributed by atoms with Crippen LogP contribution in [-0.2, 0) is 17.7 Å². The lowest BCUT2D eigenvalue weighted by molar-refractivity contribution is 0.0507. The Kier molecular flexibility index (Phi) is 7.09. The summed E-state index contributed by atoms with van der Waals surface area (Å²) in [5, 5.41) is 10.0. The number of hydrogen-bond acceptors (Lipinski definition) is 3. The van der Waals surface area contributed by atoms with Gasteiger partial charge in [0.05, 0.1) is 11.7 Å². The maximum Gasteiger partial charge on any atom is 0.254 e. The molecule has 1 aliphatic rings. The van der Waals surface area contributed by atoms with E-state index in [2.05, 4.69) is 19.1 Å². The molecule has 3 rings (SSSR count). The minimum absolute atomic E-state index is 0.0360. The van der Waals surface area contributed by atoms with Crippen molar-refractivity contribution in [3.63, 3.8) is 0 Å². The first-order chi connectivity index (χ1) is 13.8. The van der Waals surface area contributed by atoms with E-state index in [-0.39, 0.29) is 12.0 Å². The van der Waals surface area contributed by atoms with Crippen molar-refractivity contribution in [1.29, 1.82) is 0 Å². The monoisotopic (exact) mass is 395 g/mol. The molecule has 1 atom stereocenters. The van der Waals surface area contributed by atoms with E-state index in [0.717, 1.165) is 37.0 Å². The van der Waals surface area contributed by atoms with Gasteiger partial charge in [-0.25, -0.2) is 0 Å². The number of rotatable bonds is 8. The van der Waals surface area contributed by atoms with Crippen molar-refractivity contribution in [3.05, 3.63) is 70.8 Å². The van der Waals surface area contributed by atoms with Gasteiger partial charge in [0.25, 0.3) is 5.91 Å². The highest BCUT2D eigenvalue weighted by molar-refractivity contribution is 5.94. The van der Waals surface area contributed by atoms with Gasteiger partial charge in [0.2, 0.25) is 0 Å². The molecule has 0 spiro atoms. The molecule has 29 heavy (non-hydrogen) atoms. The van der Waals surface area contributed by atoms with Gasteiger partial charge < -0.3 is 14.7 Å². The van der Waals surface area contributed by atoms with Crippen LogP contribution in [0.3, 0.4) is 0 Å². The van der Waals surface area contributed by atoms with Crippen LogP contribution in [-0.4, -0.2) is 40.8 Å². The van der Waals surface area contributed by atoms with Crippen molar-refractivity contribution >= 4 is 5.91 Å². The molecule has 2 aromatic carbocycles. The van der Waals surface area contributed by atoms with Crippen LogP contribution in [0.25, 0.3) is 0 Å². The van der Waals surface area contributed by atoms with Crippen molar-refractivity contribution < 1.29 is 14.6 Å². The molecule has 1 amide bonds. The predicted octanol–water partition coefficient (Wildman–Crippen LogP) is 4.52. The first kappa shape index (κ1) is 21.5. The molecule has 0 aromatic heterocycles. The molecule has 1 fully saturated rings. The van der Waals surface area contributed by atoms with E-state index in [1.165, 1.54) is 5.56 Å². The van der Waals surface area contributed by atoms with E-state index in [4.69, 9.17) is 4.74 Å². The molecule has 1 N–H and O–H groups in total. The van der Waals surface area contributed by atoms with Crippen LogP contribution in [0.2, 0.25) is 0 Å². The van der Waals surface area contributed by atoms with Gasteiger partial charge in [-0.2, -0.15) is 0 Å². The Balaban J connectivity index is 1.79. The minimum atomic E-state index is -0.712. The average molecular weight is 396 g/mol. The first-order valence-corrected chi connectivity index (χ1v) is 10.6. The molecule has 1 heterocycles. The van der Waals surface area contributed by atoms with Gasteiger partial charge in [-0.1, -0.05) is 36.4 Å². The number of ether oxygens (including phenoxy) is 1. The number of hydrogen-bond donors (Lipinski definition) is 1. The molecule has 0 saturated carbocycles. The number of aliphatic hydroxyl groups is 1. The number of carbonyl (C=O) groups is 1. The molecule has 0 radical (unpaired) electrons. The number of aryl methyl sites for hydroxylation is 2. The summed E-state index contributed by atoms with van der Waals surface area (Å²) in [5.41, 5.74) is 3.42. The lowest BCUT2D eigenvalue weighted by Gasteiger charge is -2.26. The quantitative estimate of drug-likeness (QED) is 0.715. The van der Waals surface area contributed by atoms with Crippen molar-refractivity contribution in [2.24, 2.45) is 0 Å². The van der Waals surface area contributed by atoms with Crippen molar-refractivity contribution in [3.8, 4) is 0 Å². The number of benzene rings is 2. The lowest BCUT2D eigenvalue weighted by atomic mass is 9.97. The molecular formula is C25H33NO3. The third kappa shape index (κ3) is 6.41. The summed E-state index contributed by atoms with van der Waals surface area (Å²) in [6.45, 7) is 7.69. The largest absolute Gasteiger partial charge is 0.390 e. The summed E-state index contributed by atoms with van der Waals surface area (Å²) in [4.78, 5) is 15.3. The van der Waals surface area contributed by atoms with Gasteiger partial charge in [0.1, 0.15) is 0 Å². The zero-order valence-electron chi connectivity index (χ0n) is 17.9. The van der Waals surface area contributed by atoms with E-state index >= 15 is 0 Å². The summed E-state index contributed by atoms with van der Waals surface area (Å²) in [6.07, 6.45) is 3.58. The van der Waals surface area contributed by atoms with Crippen molar-refractivity contribution in [2.75, 3.05) is 13.2 Å². The fourth-order valence-electron chi connectivity index (χ4n) is 3.74. The summed E-state index contributed by atoms with van der Waals surface area (Å²) in [7, 11) is 0. The fraction of sp³-hybridized carbons (Fsp3) is 0.480. The second-order valence-electron chi connectivity index (χ2n) is 8.76. The molecule has 4 heteroatoms. The summed E-state index contributed by atoms with van der Waals surface area (Å²) >= 11 is 0. The topological polar surface area (TPSA) is 49.8 Å². The highest BCUT2D eigenvalue weighted by atomic mass is 16.5. The third-order valence-electron chi connectivity index (χ3n) is 5.56. The Labute approximate surface area is 174 Å². The van der Waals surface area contributed by atoms with E-state index in [0.29, 0.717) is 25.1 Å². The second-order valence-corrected chi connectivity index (χ2v) is 8.76. The van der Waals surface area contributed by atoms with Gasteiger partial charge in [-0.15, -0.1) is 0 Å². The Morgan fingerprint density at radius 3 is 2.69 bits per heavy atom. The zero-order chi connectivity index (χ0) is 20.9. The Hall–Kier alpha value is -2.17. The zero-order valence-corrected chi connectivity index (χ0v) is 17.9. The molecular weight excluding hydrogens is 362 g/mol. The van der Waals surface area contributed by atoms with E-state index in [1.807, 2.05) is 55.1 Å². The lowest BCUT2D eigenvalue weighted by Crippen LogP contribution is -2.37. The molecule has 0 bridgehead atoms. The van der Waals surface area contributed by atoms with Crippen molar-refractivity contribution in [2.45, 2.75) is 64.7 Å². The summed E-state index contributed by atoms with van der Waals surface area (Å²) < 4.78 is 5.82. The molecule has 1 saturated heterocycles. The van der Waals surface area contributed by atoms with Crippen LogP contribution >= 0.6 is 0 Å². The third-order valence-corrected chi connectivity index (χ3v) is 5.56. The van der Waals surface area contributed by atoms with Gasteiger partial charge in [-0.3, -0.25) is 4.79 Å². The Bertz CT molecular complexity index is 819. The van der Waals surface area contributed by atoms with Crippen LogP contribution < -0.4 is 0 Å². The number of amides is 1. The molecule has 0 aliphatic carbocycles. The molecule has 156 valence electrons. The van der Waals surface area contributed by atoms with Crippen LogP contribution in [0.1, 0.15) is 60.2 Å². The SMILES string of the molecule is Cc1ccccc1CN(CC1CCCO1)C(=O)c1cccc(CCC(C)(C)O)c1. The van der Waals surface area contributed by atoms with E-state index in [9.17, 15) is 9.90 Å². The van der Waals surface area contributed by atoms with E-state index in [1.54, 1.807) is 0 Å². The van der Waals surface area contributed by atoms with Gasteiger partial charge in [0.15, 0.2) is 0 Å². The average Bonchev–Trinajstić information content (AvgIpc) is 3.20. The Morgan fingerprint density at radius 2 is 2.00 bits per heavy atom. The van der Waals surface area contributed by atoms with Crippen LogP contribution in [0.4, 0.5) is 0 Å². The predicted molar refractivity (Wildman–Crippen MR) is 116 cm³/mol. The second kappa shape index (κ2) is 9.55. The van der Waals surface area contributed by atoms with Crippen LogP contribution in [0.15, 0.2) is 48.5 Å². The van der Waals surface area contributed by atoms with Crippen molar-refractivity contribution in [1.82, 2.24) is 4.90 Å². The highest BCUT2D eigenvalue weighted by Crippen LogP contribution is 2.20. The molecule has 2 aromatic rings. The minimum Gasteiger partial charge on any atom is -0.390 e. The summed E-state index contributed by atoms with van der Waals surface area (Å²) in [6, 6.07) is 16.0. The first-order valence-electron chi connectivity index (χ1n) is 10.6. The van der Waals surface area contributed by atoms with Gasteiger partial charge >= 0.3 is 0 Å².